The summed E-state index contributed by atoms with van der Waals surface area (Å²) in [7, 11) is -3.87. The minimum absolute atomic E-state index is 0.00535. The van der Waals surface area contributed by atoms with Gasteiger partial charge in [-0.3, -0.25) is 0 Å². The molecule has 1 aliphatic heterocycles. The highest BCUT2D eigenvalue weighted by atomic mass is 32.2. The number of benzene rings is 3. The molecule has 1 atom stereocenters. The van der Waals surface area contributed by atoms with Crippen molar-refractivity contribution in [1.29, 1.82) is 0 Å². The topological polar surface area (TPSA) is 69.4 Å². The van der Waals surface area contributed by atoms with Crippen molar-refractivity contribution in [2.24, 2.45) is 5.14 Å². The minimum atomic E-state index is -4.63. The average molecular weight is 437 g/mol. The number of halogens is 4. The van der Waals surface area contributed by atoms with Crippen LogP contribution in [0.15, 0.2) is 60.7 Å². The zero-order chi connectivity index (χ0) is 21.7. The molecule has 0 aliphatic carbocycles. The van der Waals surface area contributed by atoms with Crippen LogP contribution in [0.4, 0.5) is 17.6 Å². The predicted molar refractivity (Wildman–Crippen MR) is 103 cm³/mol. The van der Waals surface area contributed by atoms with Crippen molar-refractivity contribution >= 4 is 10.0 Å². The summed E-state index contributed by atoms with van der Waals surface area (Å²) in [6.07, 6.45) is -5.55. The second kappa shape index (κ2) is 7.10. The molecular weight excluding hydrogens is 422 g/mol. The summed E-state index contributed by atoms with van der Waals surface area (Å²) in [4.78, 5) is 0. The highest BCUT2D eigenvalue weighted by Crippen LogP contribution is 2.50. The number of primary sulfonamides is 1. The van der Waals surface area contributed by atoms with Gasteiger partial charge in [0.1, 0.15) is 17.7 Å². The lowest BCUT2D eigenvalue weighted by Crippen LogP contribution is -2.20. The number of ether oxygens (including phenoxy) is 1. The standard InChI is InChI=1S/C21H15F4NO3S/c22-14-4-1-3-13(10-14)20-16-9-12(11-30(26,27)28)7-8-15(16)19-17(21(23,24)25)5-2-6-18(19)29-20/h1-10,20H,11H2,(H2,26,27,28). The van der Waals surface area contributed by atoms with Crippen molar-refractivity contribution in [2.45, 2.75) is 18.0 Å². The van der Waals surface area contributed by atoms with E-state index in [1.165, 1.54) is 48.5 Å². The van der Waals surface area contributed by atoms with Crippen LogP contribution in [0.3, 0.4) is 0 Å². The van der Waals surface area contributed by atoms with Gasteiger partial charge in [-0.2, -0.15) is 13.2 Å². The maximum absolute atomic E-state index is 13.8. The molecule has 156 valence electrons. The molecule has 1 unspecified atom stereocenters. The second-order valence-electron chi connectivity index (χ2n) is 6.96. The number of rotatable bonds is 3. The zero-order valence-corrected chi connectivity index (χ0v) is 16.1. The van der Waals surface area contributed by atoms with Gasteiger partial charge in [0.15, 0.2) is 0 Å². The summed E-state index contributed by atoms with van der Waals surface area (Å²) >= 11 is 0. The van der Waals surface area contributed by atoms with E-state index in [1.54, 1.807) is 6.07 Å². The summed E-state index contributed by atoms with van der Waals surface area (Å²) in [6.45, 7) is 0. The summed E-state index contributed by atoms with van der Waals surface area (Å²) < 4.78 is 83.6. The lowest BCUT2D eigenvalue weighted by atomic mass is 9.86. The first-order valence-electron chi connectivity index (χ1n) is 8.79. The Labute approximate surface area is 170 Å². The van der Waals surface area contributed by atoms with Gasteiger partial charge >= 0.3 is 6.18 Å². The van der Waals surface area contributed by atoms with Gasteiger partial charge in [0.2, 0.25) is 10.0 Å². The summed E-state index contributed by atoms with van der Waals surface area (Å²) in [6, 6.07) is 13.4. The van der Waals surface area contributed by atoms with Crippen molar-refractivity contribution in [2.75, 3.05) is 0 Å². The summed E-state index contributed by atoms with van der Waals surface area (Å²) in [5.74, 6) is -1.02. The van der Waals surface area contributed by atoms with E-state index in [0.717, 1.165) is 6.07 Å². The largest absolute Gasteiger partial charge is 0.480 e. The third kappa shape index (κ3) is 3.90. The Morgan fingerprint density at radius 2 is 1.73 bits per heavy atom. The van der Waals surface area contributed by atoms with Gasteiger partial charge in [-0.1, -0.05) is 36.4 Å². The minimum Gasteiger partial charge on any atom is -0.480 e. The van der Waals surface area contributed by atoms with E-state index < -0.39 is 39.4 Å². The average Bonchev–Trinajstić information content (AvgIpc) is 2.64. The lowest BCUT2D eigenvalue weighted by Gasteiger charge is -2.31. The molecule has 1 aliphatic rings. The third-order valence-electron chi connectivity index (χ3n) is 4.76. The Balaban J connectivity index is 1.97. The molecule has 0 bridgehead atoms. The highest BCUT2D eigenvalue weighted by molar-refractivity contribution is 7.88. The molecule has 0 saturated heterocycles. The van der Waals surface area contributed by atoms with Crippen LogP contribution in [-0.2, 0) is 22.0 Å². The number of hydrogen-bond acceptors (Lipinski definition) is 3. The molecule has 0 radical (unpaired) electrons. The van der Waals surface area contributed by atoms with Crippen LogP contribution in [0.1, 0.15) is 28.4 Å². The van der Waals surface area contributed by atoms with E-state index >= 15 is 0 Å². The highest BCUT2D eigenvalue weighted by Gasteiger charge is 2.39. The Kier molecular flexibility index (Phi) is 4.82. The Morgan fingerprint density at radius 1 is 1.00 bits per heavy atom. The Hall–Kier alpha value is -2.91. The van der Waals surface area contributed by atoms with Gasteiger partial charge in [-0.25, -0.2) is 17.9 Å². The fourth-order valence-electron chi connectivity index (χ4n) is 3.63. The molecule has 30 heavy (non-hydrogen) atoms. The fraction of sp³-hybridized carbons (Fsp3) is 0.143. The van der Waals surface area contributed by atoms with Crippen LogP contribution in [0, 0.1) is 5.82 Å². The molecule has 4 rings (SSSR count). The summed E-state index contributed by atoms with van der Waals surface area (Å²) in [5.41, 5.74) is 0.178. The van der Waals surface area contributed by atoms with Gasteiger partial charge in [0.25, 0.3) is 0 Å². The first-order valence-corrected chi connectivity index (χ1v) is 10.5. The van der Waals surface area contributed by atoms with Gasteiger partial charge < -0.3 is 4.74 Å². The van der Waals surface area contributed by atoms with Gasteiger partial charge in [-0.15, -0.1) is 0 Å². The maximum atomic E-state index is 13.8. The molecule has 9 heteroatoms. The quantitative estimate of drug-likeness (QED) is 0.600. The van der Waals surface area contributed by atoms with Gasteiger partial charge in [-0.05, 0) is 41.0 Å². The van der Waals surface area contributed by atoms with Crippen LogP contribution in [0.2, 0.25) is 0 Å². The summed E-state index contributed by atoms with van der Waals surface area (Å²) in [5, 5.41) is 5.11. The molecule has 0 saturated carbocycles. The van der Waals surface area contributed by atoms with E-state index in [4.69, 9.17) is 9.88 Å². The molecule has 0 aromatic heterocycles. The van der Waals surface area contributed by atoms with E-state index in [0.29, 0.717) is 11.1 Å². The predicted octanol–water partition coefficient (Wildman–Crippen LogP) is 4.78. The van der Waals surface area contributed by atoms with E-state index in [1.807, 2.05) is 0 Å². The monoisotopic (exact) mass is 437 g/mol. The lowest BCUT2D eigenvalue weighted by molar-refractivity contribution is -0.137. The third-order valence-corrected chi connectivity index (χ3v) is 5.50. The molecular formula is C21H15F4NO3S. The molecule has 0 amide bonds. The number of alkyl halides is 3. The van der Waals surface area contributed by atoms with Crippen molar-refractivity contribution in [1.82, 2.24) is 0 Å². The Bertz CT molecular complexity index is 1240. The molecule has 3 aromatic carbocycles. The van der Waals surface area contributed by atoms with E-state index in [2.05, 4.69) is 0 Å². The first-order chi connectivity index (χ1) is 14.0. The number of nitrogens with two attached hydrogens (primary N) is 1. The Morgan fingerprint density at radius 3 is 2.40 bits per heavy atom. The first kappa shape index (κ1) is 20.4. The van der Waals surface area contributed by atoms with Crippen molar-refractivity contribution in [3.8, 4) is 16.9 Å². The van der Waals surface area contributed by atoms with E-state index in [9.17, 15) is 26.0 Å². The van der Waals surface area contributed by atoms with Gasteiger partial charge in [0.05, 0.1) is 11.3 Å². The SMILES string of the molecule is NS(=O)(=O)Cc1ccc2c(c1)C(c1cccc(F)c1)Oc1cccc(C(F)(F)F)c1-2. The number of sulfonamides is 1. The normalized spacial score (nSPS) is 15.8. The zero-order valence-electron chi connectivity index (χ0n) is 15.3. The maximum Gasteiger partial charge on any atom is 0.417 e. The van der Waals surface area contributed by atoms with Crippen LogP contribution in [0.5, 0.6) is 5.75 Å². The molecule has 2 N–H and O–H groups in total. The fourth-order valence-corrected chi connectivity index (χ4v) is 4.27. The van der Waals surface area contributed by atoms with Crippen molar-refractivity contribution < 1.29 is 30.7 Å². The van der Waals surface area contributed by atoms with Crippen molar-refractivity contribution in [3.63, 3.8) is 0 Å². The van der Waals surface area contributed by atoms with Crippen LogP contribution >= 0.6 is 0 Å². The number of fused-ring (bicyclic) bond motifs is 3. The molecule has 1 heterocycles. The van der Waals surface area contributed by atoms with Crippen LogP contribution in [0.25, 0.3) is 11.1 Å². The smallest absolute Gasteiger partial charge is 0.417 e. The van der Waals surface area contributed by atoms with Crippen LogP contribution < -0.4 is 9.88 Å². The number of hydrogen-bond donors (Lipinski definition) is 1. The van der Waals surface area contributed by atoms with Gasteiger partial charge in [0, 0.05) is 11.1 Å². The molecule has 0 spiro atoms. The van der Waals surface area contributed by atoms with E-state index in [-0.39, 0.29) is 22.4 Å². The molecule has 3 aromatic rings. The second-order valence-corrected chi connectivity index (χ2v) is 8.57. The van der Waals surface area contributed by atoms with Crippen molar-refractivity contribution in [3.05, 3.63) is 88.7 Å². The molecule has 0 fully saturated rings. The molecule has 4 nitrogen and oxygen atoms in total. The van der Waals surface area contributed by atoms with Crippen LogP contribution in [-0.4, -0.2) is 8.42 Å².